The van der Waals surface area contributed by atoms with Gasteiger partial charge in [0.2, 0.25) is 0 Å². The van der Waals surface area contributed by atoms with Gasteiger partial charge in [-0.15, -0.1) is 11.8 Å². The molecular formula is C11H11FO3S. The summed E-state index contributed by atoms with van der Waals surface area (Å²) in [5.41, 5.74) is 0.301. The van der Waals surface area contributed by atoms with Crippen LogP contribution in [0.4, 0.5) is 4.39 Å². The second-order valence-electron chi connectivity index (χ2n) is 2.98. The molecule has 1 aromatic rings. The maximum atomic E-state index is 13.3. The van der Waals surface area contributed by atoms with Crippen LogP contribution in [0.1, 0.15) is 16.8 Å². The molecule has 0 spiro atoms. The highest BCUT2D eigenvalue weighted by molar-refractivity contribution is 7.99. The first-order valence-corrected chi connectivity index (χ1v) is 5.60. The van der Waals surface area contributed by atoms with Gasteiger partial charge in [-0.1, -0.05) is 6.07 Å². The molecule has 86 valence electrons. The molecule has 0 saturated heterocycles. The summed E-state index contributed by atoms with van der Waals surface area (Å²) >= 11 is 1.22. The van der Waals surface area contributed by atoms with Gasteiger partial charge in [-0.3, -0.25) is 9.59 Å². The van der Waals surface area contributed by atoms with Crippen molar-refractivity contribution in [3.63, 3.8) is 0 Å². The summed E-state index contributed by atoms with van der Waals surface area (Å²) in [7, 11) is 1.31. The summed E-state index contributed by atoms with van der Waals surface area (Å²) in [6.07, 6.45) is 0.821. The minimum absolute atomic E-state index is 0.232. The van der Waals surface area contributed by atoms with Gasteiger partial charge >= 0.3 is 5.97 Å². The average molecular weight is 242 g/mol. The summed E-state index contributed by atoms with van der Waals surface area (Å²) in [5, 5.41) is 0. The summed E-state index contributed by atoms with van der Waals surface area (Å²) < 4.78 is 17.8. The number of ether oxygens (including phenoxy) is 1. The molecule has 5 heteroatoms. The Morgan fingerprint density at radius 2 is 2.31 bits per heavy atom. The molecule has 0 heterocycles. The van der Waals surface area contributed by atoms with Gasteiger partial charge in [0.05, 0.1) is 13.5 Å². The molecule has 0 amide bonds. The number of thioether (sulfide) groups is 1. The van der Waals surface area contributed by atoms with Crippen LogP contribution in [-0.2, 0) is 9.53 Å². The van der Waals surface area contributed by atoms with E-state index in [0.717, 1.165) is 0 Å². The van der Waals surface area contributed by atoms with Crippen molar-refractivity contribution in [2.75, 3.05) is 12.9 Å². The Balaban J connectivity index is 2.54. The fourth-order valence-corrected chi connectivity index (χ4v) is 1.90. The van der Waals surface area contributed by atoms with Crippen molar-refractivity contribution in [2.45, 2.75) is 11.3 Å². The van der Waals surface area contributed by atoms with Crippen LogP contribution in [0.25, 0.3) is 0 Å². The van der Waals surface area contributed by atoms with Crippen LogP contribution in [0.15, 0.2) is 23.1 Å². The van der Waals surface area contributed by atoms with Crippen molar-refractivity contribution in [1.82, 2.24) is 0 Å². The predicted molar refractivity (Wildman–Crippen MR) is 59.1 cm³/mol. The van der Waals surface area contributed by atoms with Gasteiger partial charge in [-0.05, 0) is 12.1 Å². The predicted octanol–water partition coefficient (Wildman–Crippen LogP) is 2.29. The number of aldehydes is 1. The molecule has 16 heavy (non-hydrogen) atoms. The molecule has 0 atom stereocenters. The van der Waals surface area contributed by atoms with E-state index in [-0.39, 0.29) is 12.4 Å². The van der Waals surface area contributed by atoms with Crippen molar-refractivity contribution in [3.05, 3.63) is 29.6 Å². The number of hydrogen-bond donors (Lipinski definition) is 0. The van der Waals surface area contributed by atoms with E-state index in [1.807, 2.05) is 0 Å². The fraction of sp³-hybridized carbons (Fsp3) is 0.273. The highest BCUT2D eigenvalue weighted by atomic mass is 32.2. The molecule has 0 saturated carbocycles. The number of benzene rings is 1. The van der Waals surface area contributed by atoms with Crippen LogP contribution in [-0.4, -0.2) is 25.1 Å². The Labute approximate surface area is 97.0 Å². The highest BCUT2D eigenvalue weighted by Gasteiger charge is 2.06. The Kier molecular flexibility index (Phi) is 4.98. The third kappa shape index (κ3) is 3.66. The van der Waals surface area contributed by atoms with Crippen LogP contribution in [0.2, 0.25) is 0 Å². The highest BCUT2D eigenvalue weighted by Crippen LogP contribution is 2.22. The number of methoxy groups -OCH3 is 1. The lowest BCUT2D eigenvalue weighted by Crippen LogP contribution is -2.01. The lowest BCUT2D eigenvalue weighted by atomic mass is 10.2. The lowest BCUT2D eigenvalue weighted by Gasteiger charge is -2.03. The Bertz CT molecular complexity index is 393. The molecular weight excluding hydrogens is 231 g/mol. The fourth-order valence-electron chi connectivity index (χ4n) is 1.05. The monoisotopic (exact) mass is 242 g/mol. The van der Waals surface area contributed by atoms with Gasteiger partial charge in [0, 0.05) is 16.2 Å². The molecule has 0 N–H and O–H groups in total. The van der Waals surface area contributed by atoms with E-state index in [0.29, 0.717) is 22.5 Å². The Morgan fingerprint density at radius 1 is 1.56 bits per heavy atom. The van der Waals surface area contributed by atoms with E-state index in [2.05, 4.69) is 4.74 Å². The number of rotatable bonds is 5. The second kappa shape index (κ2) is 6.27. The lowest BCUT2D eigenvalue weighted by molar-refractivity contribution is -0.140. The molecule has 1 rings (SSSR count). The third-order valence-electron chi connectivity index (χ3n) is 1.88. The zero-order valence-corrected chi connectivity index (χ0v) is 9.55. The SMILES string of the molecule is COC(=O)CCSc1ccc(C=O)cc1F. The smallest absolute Gasteiger partial charge is 0.306 e. The minimum atomic E-state index is -0.445. The van der Waals surface area contributed by atoms with E-state index >= 15 is 0 Å². The maximum absolute atomic E-state index is 13.3. The zero-order chi connectivity index (χ0) is 12.0. The maximum Gasteiger partial charge on any atom is 0.306 e. The van der Waals surface area contributed by atoms with Crippen LogP contribution in [0.5, 0.6) is 0 Å². The number of esters is 1. The molecule has 0 radical (unpaired) electrons. The number of hydrogen-bond acceptors (Lipinski definition) is 4. The van der Waals surface area contributed by atoms with Crippen molar-refractivity contribution < 1.29 is 18.7 Å². The number of halogens is 1. The summed E-state index contributed by atoms with van der Waals surface area (Å²) in [5.74, 6) is -0.318. The second-order valence-corrected chi connectivity index (χ2v) is 4.12. The third-order valence-corrected chi connectivity index (χ3v) is 2.93. The molecule has 0 fully saturated rings. The Morgan fingerprint density at radius 3 is 2.88 bits per heavy atom. The minimum Gasteiger partial charge on any atom is -0.469 e. The molecule has 3 nitrogen and oxygen atoms in total. The van der Waals surface area contributed by atoms with Crippen molar-refractivity contribution in [2.24, 2.45) is 0 Å². The van der Waals surface area contributed by atoms with Gasteiger partial charge in [0.1, 0.15) is 12.1 Å². The quantitative estimate of drug-likeness (QED) is 0.451. The molecule has 0 aromatic heterocycles. The van der Waals surface area contributed by atoms with Crippen molar-refractivity contribution in [3.8, 4) is 0 Å². The first-order chi connectivity index (χ1) is 7.67. The van der Waals surface area contributed by atoms with Crippen LogP contribution in [0, 0.1) is 5.82 Å². The van der Waals surface area contributed by atoms with E-state index in [4.69, 9.17) is 0 Å². The largest absolute Gasteiger partial charge is 0.469 e. The molecule has 0 aliphatic heterocycles. The average Bonchev–Trinajstić information content (AvgIpc) is 2.30. The summed E-state index contributed by atoms with van der Waals surface area (Å²) in [4.78, 5) is 21.6. The summed E-state index contributed by atoms with van der Waals surface area (Å²) in [6.45, 7) is 0. The van der Waals surface area contributed by atoms with Gasteiger partial charge in [-0.2, -0.15) is 0 Å². The standard InChI is InChI=1S/C11H11FO3S/c1-15-11(14)4-5-16-10-3-2-8(7-13)6-9(10)12/h2-3,6-7H,4-5H2,1H3. The molecule has 0 aliphatic carbocycles. The van der Waals surface area contributed by atoms with Gasteiger partial charge in [0.15, 0.2) is 0 Å². The first-order valence-electron chi connectivity index (χ1n) is 4.61. The normalized spacial score (nSPS) is 9.88. The van der Waals surface area contributed by atoms with E-state index in [1.54, 1.807) is 0 Å². The number of carbonyl (C=O) groups excluding carboxylic acids is 2. The first kappa shape index (κ1) is 12.7. The van der Waals surface area contributed by atoms with E-state index in [1.165, 1.54) is 37.1 Å². The van der Waals surface area contributed by atoms with E-state index in [9.17, 15) is 14.0 Å². The topological polar surface area (TPSA) is 43.4 Å². The Hall–Kier alpha value is -1.36. The van der Waals surface area contributed by atoms with E-state index < -0.39 is 5.82 Å². The molecule has 0 bridgehead atoms. The molecule has 0 unspecified atom stereocenters. The molecule has 1 aromatic carbocycles. The van der Waals surface area contributed by atoms with Crippen LogP contribution in [0.3, 0.4) is 0 Å². The van der Waals surface area contributed by atoms with Gasteiger partial charge < -0.3 is 4.74 Å². The zero-order valence-electron chi connectivity index (χ0n) is 8.73. The van der Waals surface area contributed by atoms with Gasteiger partial charge in [-0.25, -0.2) is 4.39 Å². The van der Waals surface area contributed by atoms with Crippen molar-refractivity contribution in [1.29, 1.82) is 0 Å². The number of carbonyl (C=O) groups is 2. The molecule has 0 aliphatic rings. The van der Waals surface area contributed by atoms with Crippen molar-refractivity contribution >= 4 is 24.0 Å². The van der Waals surface area contributed by atoms with Gasteiger partial charge in [0.25, 0.3) is 0 Å². The van der Waals surface area contributed by atoms with Crippen LogP contribution < -0.4 is 0 Å². The summed E-state index contributed by atoms with van der Waals surface area (Å²) in [6, 6.07) is 4.24. The van der Waals surface area contributed by atoms with Crippen LogP contribution >= 0.6 is 11.8 Å².